The van der Waals surface area contributed by atoms with Crippen LogP contribution >= 0.6 is 46.4 Å². The first-order valence-corrected chi connectivity index (χ1v) is 8.93. The van der Waals surface area contributed by atoms with Crippen LogP contribution in [0, 0.1) is 5.92 Å². The van der Waals surface area contributed by atoms with Gasteiger partial charge in [0.25, 0.3) is 0 Å². The number of halogens is 4. The van der Waals surface area contributed by atoms with Gasteiger partial charge in [0, 0.05) is 26.5 Å². The average molecular weight is 385 g/mol. The monoisotopic (exact) mass is 383 g/mol. The molecule has 0 saturated carbocycles. The summed E-state index contributed by atoms with van der Waals surface area (Å²) in [5, 5.41) is 6.30. The maximum Gasteiger partial charge on any atom is 0.0641 e. The standard InChI is InChI=1S/C18H13Cl4N/c19-9-4-5-12(15(22)8-9)17-11-3-1-2-10(11)16-13(20)6-7-14(21)18(16)23-17/h1-2,4-8,10-11,17,23H,3H2/t10-,11+,17-/m1/s1. The highest BCUT2D eigenvalue weighted by Gasteiger charge is 2.40. The van der Waals surface area contributed by atoms with Crippen molar-refractivity contribution in [2.75, 3.05) is 5.32 Å². The van der Waals surface area contributed by atoms with E-state index in [2.05, 4.69) is 17.5 Å². The van der Waals surface area contributed by atoms with Crippen LogP contribution in [-0.4, -0.2) is 0 Å². The molecular weight excluding hydrogens is 372 g/mol. The SMILES string of the molecule is Clc1ccc([C@@H]2Nc3c(Cl)ccc(Cl)c3[C@@H]3C=CC[C@@H]32)c(Cl)c1. The molecule has 0 bridgehead atoms. The fourth-order valence-corrected chi connectivity index (χ4v) is 4.72. The zero-order chi connectivity index (χ0) is 16.1. The molecular formula is C18H13Cl4N. The van der Waals surface area contributed by atoms with Crippen LogP contribution in [0.25, 0.3) is 0 Å². The summed E-state index contributed by atoms with van der Waals surface area (Å²) in [5.74, 6) is 0.603. The first-order valence-electron chi connectivity index (χ1n) is 7.42. The molecule has 1 heterocycles. The molecule has 0 unspecified atom stereocenters. The van der Waals surface area contributed by atoms with Crippen molar-refractivity contribution < 1.29 is 0 Å². The minimum absolute atomic E-state index is 0.0724. The van der Waals surface area contributed by atoms with E-state index in [1.165, 1.54) is 0 Å². The van der Waals surface area contributed by atoms with E-state index in [1.54, 1.807) is 6.07 Å². The number of allylic oxidation sites excluding steroid dienone is 2. The summed E-state index contributed by atoms with van der Waals surface area (Å²) in [6.07, 6.45) is 5.41. The number of anilines is 1. The molecule has 1 N–H and O–H groups in total. The Bertz CT molecular complexity index is 815. The second-order valence-electron chi connectivity index (χ2n) is 5.96. The number of nitrogens with one attached hydrogen (secondary N) is 1. The zero-order valence-electron chi connectivity index (χ0n) is 12.0. The Hall–Kier alpha value is -0.860. The van der Waals surface area contributed by atoms with Crippen LogP contribution in [0.3, 0.4) is 0 Å². The minimum Gasteiger partial charge on any atom is -0.376 e. The molecule has 0 radical (unpaired) electrons. The maximum atomic E-state index is 6.45. The average Bonchev–Trinajstić information content (AvgIpc) is 3.00. The van der Waals surface area contributed by atoms with E-state index < -0.39 is 0 Å². The van der Waals surface area contributed by atoms with Crippen LogP contribution in [0.5, 0.6) is 0 Å². The molecule has 0 spiro atoms. The van der Waals surface area contributed by atoms with Crippen LogP contribution in [0.2, 0.25) is 20.1 Å². The molecule has 4 rings (SSSR count). The number of hydrogen-bond acceptors (Lipinski definition) is 1. The van der Waals surface area contributed by atoms with E-state index in [4.69, 9.17) is 46.4 Å². The van der Waals surface area contributed by atoms with Crippen LogP contribution in [0.1, 0.15) is 29.5 Å². The zero-order valence-corrected chi connectivity index (χ0v) is 15.0. The smallest absolute Gasteiger partial charge is 0.0641 e. The molecule has 0 aromatic heterocycles. The molecule has 5 heteroatoms. The minimum atomic E-state index is 0.0724. The third-order valence-corrected chi connectivity index (χ3v) is 5.92. The van der Waals surface area contributed by atoms with Gasteiger partial charge in [-0.2, -0.15) is 0 Å². The van der Waals surface area contributed by atoms with Crippen molar-refractivity contribution >= 4 is 52.1 Å². The fraction of sp³-hybridized carbons (Fsp3) is 0.222. The van der Waals surface area contributed by atoms with E-state index >= 15 is 0 Å². The van der Waals surface area contributed by atoms with E-state index in [1.807, 2.05) is 24.3 Å². The Morgan fingerprint density at radius 3 is 2.48 bits per heavy atom. The van der Waals surface area contributed by atoms with E-state index in [0.29, 0.717) is 21.0 Å². The van der Waals surface area contributed by atoms with Crippen molar-refractivity contribution in [1.82, 2.24) is 0 Å². The van der Waals surface area contributed by atoms with Crippen LogP contribution < -0.4 is 5.32 Å². The van der Waals surface area contributed by atoms with Crippen LogP contribution in [-0.2, 0) is 0 Å². The van der Waals surface area contributed by atoms with Gasteiger partial charge in [0.2, 0.25) is 0 Å². The highest BCUT2D eigenvalue weighted by molar-refractivity contribution is 6.36. The number of hydrogen-bond donors (Lipinski definition) is 1. The van der Waals surface area contributed by atoms with Gasteiger partial charge < -0.3 is 5.32 Å². The predicted octanol–water partition coefficient (Wildman–Crippen LogP) is 7.13. The first-order chi connectivity index (χ1) is 11.1. The molecule has 0 amide bonds. The Morgan fingerprint density at radius 2 is 1.70 bits per heavy atom. The van der Waals surface area contributed by atoms with Gasteiger partial charge in [-0.3, -0.25) is 0 Å². The molecule has 2 aromatic rings. The Balaban J connectivity index is 1.86. The maximum absolute atomic E-state index is 6.45. The number of benzene rings is 2. The Morgan fingerprint density at radius 1 is 0.913 bits per heavy atom. The lowest BCUT2D eigenvalue weighted by molar-refractivity contribution is 0.426. The summed E-state index contributed by atoms with van der Waals surface area (Å²) in [4.78, 5) is 0. The van der Waals surface area contributed by atoms with Gasteiger partial charge in [-0.1, -0.05) is 64.6 Å². The molecule has 0 saturated heterocycles. The summed E-state index contributed by atoms with van der Waals surface area (Å²) in [7, 11) is 0. The summed E-state index contributed by atoms with van der Waals surface area (Å²) in [6.45, 7) is 0. The molecule has 0 fully saturated rings. The van der Waals surface area contributed by atoms with Gasteiger partial charge in [-0.15, -0.1) is 0 Å². The van der Waals surface area contributed by atoms with Crippen LogP contribution in [0.4, 0.5) is 5.69 Å². The van der Waals surface area contributed by atoms with E-state index in [9.17, 15) is 0 Å². The molecule has 23 heavy (non-hydrogen) atoms. The highest BCUT2D eigenvalue weighted by Crippen LogP contribution is 2.54. The van der Waals surface area contributed by atoms with Crippen molar-refractivity contribution in [3.63, 3.8) is 0 Å². The van der Waals surface area contributed by atoms with Crippen molar-refractivity contribution in [3.05, 3.63) is 73.7 Å². The quantitative estimate of drug-likeness (QED) is 0.515. The summed E-state index contributed by atoms with van der Waals surface area (Å²) in [5.41, 5.74) is 3.03. The van der Waals surface area contributed by atoms with E-state index in [-0.39, 0.29) is 12.0 Å². The number of rotatable bonds is 1. The highest BCUT2D eigenvalue weighted by atomic mass is 35.5. The summed E-state index contributed by atoms with van der Waals surface area (Å²) >= 11 is 25.4. The second-order valence-corrected chi connectivity index (χ2v) is 7.62. The summed E-state index contributed by atoms with van der Waals surface area (Å²) < 4.78 is 0. The van der Waals surface area contributed by atoms with Gasteiger partial charge in [0.15, 0.2) is 0 Å². The molecule has 118 valence electrons. The summed E-state index contributed by atoms with van der Waals surface area (Å²) in [6, 6.07) is 9.41. The Kier molecular flexibility index (Phi) is 4.01. The van der Waals surface area contributed by atoms with Gasteiger partial charge in [-0.25, -0.2) is 0 Å². The molecule has 3 atom stereocenters. The van der Waals surface area contributed by atoms with E-state index in [0.717, 1.165) is 28.3 Å². The van der Waals surface area contributed by atoms with Crippen molar-refractivity contribution in [1.29, 1.82) is 0 Å². The third-order valence-electron chi connectivity index (χ3n) is 4.71. The third kappa shape index (κ3) is 2.55. The largest absolute Gasteiger partial charge is 0.376 e. The van der Waals surface area contributed by atoms with Crippen molar-refractivity contribution in [2.24, 2.45) is 5.92 Å². The number of fused-ring (bicyclic) bond motifs is 3. The van der Waals surface area contributed by atoms with Crippen LogP contribution in [0.15, 0.2) is 42.5 Å². The molecule has 2 aromatic carbocycles. The van der Waals surface area contributed by atoms with Gasteiger partial charge in [-0.05, 0) is 42.2 Å². The predicted molar refractivity (Wildman–Crippen MR) is 99.3 cm³/mol. The fourth-order valence-electron chi connectivity index (χ4n) is 3.69. The van der Waals surface area contributed by atoms with Crippen molar-refractivity contribution in [3.8, 4) is 0 Å². The lowest BCUT2D eigenvalue weighted by Gasteiger charge is -2.38. The van der Waals surface area contributed by atoms with Gasteiger partial charge >= 0.3 is 0 Å². The van der Waals surface area contributed by atoms with Gasteiger partial charge in [0.05, 0.1) is 16.8 Å². The molecule has 2 aliphatic rings. The topological polar surface area (TPSA) is 12.0 Å². The van der Waals surface area contributed by atoms with Crippen molar-refractivity contribution in [2.45, 2.75) is 18.4 Å². The lowest BCUT2D eigenvalue weighted by Crippen LogP contribution is -2.29. The molecule has 1 aliphatic carbocycles. The molecule has 1 nitrogen and oxygen atoms in total. The molecule has 1 aliphatic heterocycles. The normalized spacial score (nSPS) is 25.0. The van der Waals surface area contributed by atoms with Gasteiger partial charge in [0.1, 0.15) is 0 Å². The second kappa shape index (κ2) is 5.89. The lowest BCUT2D eigenvalue weighted by atomic mass is 9.77. The first kappa shape index (κ1) is 15.7. The Labute approximate surface area is 155 Å².